The van der Waals surface area contributed by atoms with Crippen LogP contribution >= 0.6 is 15.9 Å². The first-order chi connectivity index (χ1) is 6.18. The first kappa shape index (κ1) is 8.96. The molecule has 2 rings (SSSR count). The molecular formula is C7H9BrN2O3. The van der Waals surface area contributed by atoms with Gasteiger partial charge in [-0.1, -0.05) is 15.9 Å². The molecule has 1 N–H and O–H groups in total. The van der Waals surface area contributed by atoms with E-state index in [9.17, 15) is 9.59 Å². The van der Waals surface area contributed by atoms with Gasteiger partial charge in [-0.15, -0.1) is 0 Å². The molecule has 0 saturated carbocycles. The van der Waals surface area contributed by atoms with Crippen LogP contribution in [0.1, 0.15) is 6.42 Å². The van der Waals surface area contributed by atoms with E-state index in [0.717, 1.165) is 0 Å². The van der Waals surface area contributed by atoms with E-state index in [1.54, 1.807) is 4.90 Å². The lowest BCUT2D eigenvalue weighted by molar-refractivity contribution is -0.135. The highest BCUT2D eigenvalue weighted by atomic mass is 79.9. The van der Waals surface area contributed by atoms with Gasteiger partial charge < -0.3 is 4.90 Å². The average Bonchev–Trinajstić information content (AvgIpc) is 2.58. The van der Waals surface area contributed by atoms with Crippen molar-refractivity contribution in [3.8, 4) is 0 Å². The third-order valence-corrected chi connectivity index (χ3v) is 2.82. The molecular weight excluding hydrogens is 240 g/mol. The molecule has 2 aliphatic rings. The van der Waals surface area contributed by atoms with Crippen LogP contribution in [0.5, 0.6) is 0 Å². The lowest BCUT2D eigenvalue weighted by Crippen LogP contribution is -2.43. The van der Waals surface area contributed by atoms with Gasteiger partial charge in [-0.3, -0.25) is 14.4 Å². The molecule has 0 bridgehead atoms. The molecule has 0 radical (unpaired) electrons. The first-order valence-corrected chi connectivity index (χ1v) is 4.95. The Balaban J connectivity index is 2.08. The molecule has 72 valence electrons. The van der Waals surface area contributed by atoms with Gasteiger partial charge in [-0.2, -0.15) is 0 Å². The van der Waals surface area contributed by atoms with Crippen molar-refractivity contribution in [1.29, 1.82) is 0 Å². The van der Waals surface area contributed by atoms with Gasteiger partial charge in [0.2, 0.25) is 5.91 Å². The van der Waals surface area contributed by atoms with Crippen molar-refractivity contribution in [3.63, 3.8) is 0 Å². The molecule has 2 saturated heterocycles. The summed E-state index contributed by atoms with van der Waals surface area (Å²) in [6.07, 6.45) is 0.462. The Kier molecular flexibility index (Phi) is 2.25. The number of amides is 2. The van der Waals surface area contributed by atoms with Gasteiger partial charge in [0.15, 0.2) is 0 Å². The number of likely N-dealkylation sites (tertiary alicyclic amines) is 1. The molecule has 2 fully saturated rings. The summed E-state index contributed by atoms with van der Waals surface area (Å²) >= 11 is 3.35. The van der Waals surface area contributed by atoms with E-state index in [-0.39, 0.29) is 23.2 Å². The first-order valence-electron chi connectivity index (χ1n) is 4.03. The number of alkyl halides is 1. The molecule has 2 atom stereocenters. The van der Waals surface area contributed by atoms with Crippen LogP contribution in [0.2, 0.25) is 0 Å². The maximum absolute atomic E-state index is 11.4. The minimum atomic E-state index is -0.435. The maximum Gasteiger partial charge on any atom is 0.268 e. The Labute approximate surface area is 83.5 Å². The molecule has 0 spiro atoms. The maximum atomic E-state index is 11.4. The minimum Gasteiger partial charge on any atom is -0.327 e. The van der Waals surface area contributed by atoms with Crippen molar-refractivity contribution in [2.24, 2.45) is 0 Å². The second kappa shape index (κ2) is 3.26. The number of carbonyl (C=O) groups excluding carboxylic acids is 2. The Hall–Kier alpha value is -0.620. The highest BCUT2D eigenvalue weighted by molar-refractivity contribution is 9.09. The van der Waals surface area contributed by atoms with Gasteiger partial charge in [-0.05, 0) is 0 Å². The molecule has 2 amide bonds. The van der Waals surface area contributed by atoms with E-state index >= 15 is 0 Å². The third kappa shape index (κ3) is 1.55. The zero-order valence-corrected chi connectivity index (χ0v) is 8.41. The predicted molar refractivity (Wildman–Crippen MR) is 46.9 cm³/mol. The van der Waals surface area contributed by atoms with E-state index in [1.807, 2.05) is 0 Å². The van der Waals surface area contributed by atoms with Crippen LogP contribution < -0.4 is 5.48 Å². The smallest absolute Gasteiger partial charge is 0.268 e. The highest BCUT2D eigenvalue weighted by Crippen LogP contribution is 2.21. The standard InChI is InChI=1S/C7H9BrN2O3/c8-4-1-6(11)10(2-4)5-3-13-9-7(5)12/h4-5H,1-3H2,(H,9,12). The minimum absolute atomic E-state index is 0.00697. The third-order valence-electron chi connectivity index (χ3n) is 2.20. The van der Waals surface area contributed by atoms with Gasteiger partial charge in [0.25, 0.3) is 5.91 Å². The van der Waals surface area contributed by atoms with E-state index in [2.05, 4.69) is 21.4 Å². The van der Waals surface area contributed by atoms with Gasteiger partial charge in [0.1, 0.15) is 12.6 Å². The number of carbonyl (C=O) groups is 2. The molecule has 13 heavy (non-hydrogen) atoms. The second-order valence-corrected chi connectivity index (χ2v) is 4.44. The number of hydrogen-bond acceptors (Lipinski definition) is 3. The fourth-order valence-electron chi connectivity index (χ4n) is 1.55. The van der Waals surface area contributed by atoms with Crippen LogP contribution in [0, 0.1) is 0 Å². The molecule has 5 nitrogen and oxygen atoms in total. The molecule has 2 unspecified atom stereocenters. The normalized spacial score (nSPS) is 34.1. The van der Waals surface area contributed by atoms with Crippen LogP contribution in [-0.2, 0) is 14.4 Å². The van der Waals surface area contributed by atoms with Gasteiger partial charge in [0, 0.05) is 17.8 Å². The van der Waals surface area contributed by atoms with Crippen molar-refractivity contribution in [1.82, 2.24) is 10.4 Å². The molecule has 6 heteroatoms. The fourth-order valence-corrected chi connectivity index (χ4v) is 2.14. The zero-order valence-electron chi connectivity index (χ0n) is 6.83. The van der Waals surface area contributed by atoms with Crippen LogP contribution in [0.15, 0.2) is 0 Å². The number of halogens is 1. The second-order valence-electron chi connectivity index (χ2n) is 3.14. The van der Waals surface area contributed by atoms with Crippen molar-refractivity contribution in [2.45, 2.75) is 17.3 Å². The largest absolute Gasteiger partial charge is 0.327 e. The summed E-state index contributed by atoms with van der Waals surface area (Å²) in [4.78, 5) is 29.0. The molecule has 0 aromatic carbocycles. The van der Waals surface area contributed by atoms with Crippen molar-refractivity contribution < 1.29 is 14.4 Å². The Morgan fingerprint density at radius 3 is 2.77 bits per heavy atom. The summed E-state index contributed by atoms with van der Waals surface area (Å²) in [6, 6.07) is -0.435. The quantitative estimate of drug-likeness (QED) is 0.632. The van der Waals surface area contributed by atoms with Crippen molar-refractivity contribution in [3.05, 3.63) is 0 Å². The number of hydrogen-bond donors (Lipinski definition) is 1. The van der Waals surface area contributed by atoms with Gasteiger partial charge >= 0.3 is 0 Å². The number of rotatable bonds is 1. The fraction of sp³-hybridized carbons (Fsp3) is 0.714. The highest BCUT2D eigenvalue weighted by Gasteiger charge is 2.39. The Bertz CT molecular complexity index is 258. The Morgan fingerprint density at radius 2 is 2.31 bits per heavy atom. The zero-order chi connectivity index (χ0) is 9.42. The summed E-state index contributed by atoms with van der Waals surface area (Å²) in [5.74, 6) is -0.220. The van der Waals surface area contributed by atoms with Crippen molar-refractivity contribution in [2.75, 3.05) is 13.2 Å². The van der Waals surface area contributed by atoms with E-state index in [4.69, 9.17) is 4.84 Å². The van der Waals surface area contributed by atoms with E-state index in [1.165, 1.54) is 0 Å². The van der Waals surface area contributed by atoms with Crippen LogP contribution in [0.25, 0.3) is 0 Å². The van der Waals surface area contributed by atoms with Crippen LogP contribution in [-0.4, -0.2) is 40.7 Å². The SMILES string of the molecule is O=C1NOCC1N1CC(Br)CC1=O. The summed E-state index contributed by atoms with van der Waals surface area (Å²) in [6.45, 7) is 0.838. The summed E-state index contributed by atoms with van der Waals surface area (Å²) in [7, 11) is 0. The van der Waals surface area contributed by atoms with Gasteiger partial charge in [0.05, 0.1) is 0 Å². The molecule has 0 aromatic heterocycles. The van der Waals surface area contributed by atoms with Gasteiger partial charge in [-0.25, -0.2) is 5.48 Å². The number of nitrogens with one attached hydrogen (secondary N) is 1. The molecule has 0 aliphatic carbocycles. The molecule has 0 aromatic rings. The predicted octanol–water partition coefficient (Wildman–Crippen LogP) is -0.588. The number of hydroxylamine groups is 1. The van der Waals surface area contributed by atoms with Crippen molar-refractivity contribution >= 4 is 27.7 Å². The van der Waals surface area contributed by atoms with Crippen LogP contribution in [0.3, 0.4) is 0 Å². The van der Waals surface area contributed by atoms with Crippen LogP contribution in [0.4, 0.5) is 0 Å². The Morgan fingerprint density at radius 1 is 1.54 bits per heavy atom. The topological polar surface area (TPSA) is 58.6 Å². The molecule has 2 aliphatic heterocycles. The molecule has 2 heterocycles. The van der Waals surface area contributed by atoms with E-state index < -0.39 is 6.04 Å². The summed E-state index contributed by atoms with van der Waals surface area (Å²) < 4.78 is 0. The summed E-state index contributed by atoms with van der Waals surface area (Å²) in [5, 5.41) is 0. The lowest BCUT2D eigenvalue weighted by atomic mass is 10.3. The van der Waals surface area contributed by atoms with E-state index in [0.29, 0.717) is 13.0 Å². The monoisotopic (exact) mass is 248 g/mol. The summed E-state index contributed by atoms with van der Waals surface area (Å²) in [5.41, 5.74) is 2.23. The number of nitrogens with zero attached hydrogens (tertiary/aromatic N) is 1. The lowest BCUT2D eigenvalue weighted by Gasteiger charge is -2.19. The average molecular weight is 249 g/mol.